The maximum atomic E-state index is 12.4. The maximum absolute atomic E-state index is 12.4. The topological polar surface area (TPSA) is 32.3 Å². The largest absolute Gasteiger partial charge is 0.323 e. The fourth-order valence-corrected chi connectivity index (χ4v) is 2.60. The Bertz CT molecular complexity index is 686. The standard InChI is InChI=1S/C18H20Cl2N2O/c1-12-4-6-14(7-5-12)11-22(3)13(2)18(23)21-17-9-8-15(19)10-16(17)20/h4-10,13H,11H2,1-3H3,(H,21,23)/t13-/m1/s1. The molecule has 1 N–H and O–H groups in total. The Hall–Kier alpha value is -1.55. The Kier molecular flexibility index (Phi) is 6.05. The number of halogens is 2. The summed E-state index contributed by atoms with van der Waals surface area (Å²) in [5, 5.41) is 3.81. The van der Waals surface area contributed by atoms with Gasteiger partial charge in [0.15, 0.2) is 0 Å². The second-order valence-corrected chi connectivity index (χ2v) is 6.53. The third kappa shape index (κ3) is 4.96. The molecule has 0 aliphatic heterocycles. The molecule has 0 unspecified atom stereocenters. The monoisotopic (exact) mass is 350 g/mol. The van der Waals surface area contributed by atoms with E-state index in [0.29, 0.717) is 22.3 Å². The van der Waals surface area contributed by atoms with E-state index in [4.69, 9.17) is 23.2 Å². The SMILES string of the molecule is Cc1ccc(CN(C)[C@H](C)C(=O)Nc2ccc(Cl)cc2Cl)cc1. The number of carbonyl (C=O) groups excluding carboxylic acids is 1. The number of nitrogens with one attached hydrogen (secondary N) is 1. The molecule has 0 bridgehead atoms. The molecule has 122 valence electrons. The molecule has 0 aromatic heterocycles. The molecule has 0 spiro atoms. The summed E-state index contributed by atoms with van der Waals surface area (Å²) in [7, 11) is 1.92. The maximum Gasteiger partial charge on any atom is 0.241 e. The summed E-state index contributed by atoms with van der Waals surface area (Å²) in [5.41, 5.74) is 2.96. The van der Waals surface area contributed by atoms with Gasteiger partial charge < -0.3 is 5.32 Å². The summed E-state index contributed by atoms with van der Waals surface area (Å²) >= 11 is 12.0. The zero-order valence-electron chi connectivity index (χ0n) is 13.4. The van der Waals surface area contributed by atoms with Gasteiger partial charge in [0.1, 0.15) is 0 Å². The third-order valence-electron chi connectivity index (χ3n) is 3.78. The highest BCUT2D eigenvalue weighted by Gasteiger charge is 2.19. The van der Waals surface area contributed by atoms with Crippen LogP contribution in [0.15, 0.2) is 42.5 Å². The van der Waals surface area contributed by atoms with Crippen LogP contribution in [0.2, 0.25) is 10.0 Å². The molecule has 0 heterocycles. The van der Waals surface area contributed by atoms with Crippen molar-refractivity contribution in [1.82, 2.24) is 4.90 Å². The molecule has 2 rings (SSSR count). The van der Waals surface area contributed by atoms with E-state index in [9.17, 15) is 4.79 Å². The highest BCUT2D eigenvalue weighted by molar-refractivity contribution is 6.36. The van der Waals surface area contributed by atoms with Crippen LogP contribution in [0.3, 0.4) is 0 Å². The lowest BCUT2D eigenvalue weighted by Crippen LogP contribution is -2.39. The van der Waals surface area contributed by atoms with Gasteiger partial charge in [-0.3, -0.25) is 9.69 Å². The van der Waals surface area contributed by atoms with Crippen LogP contribution in [0.25, 0.3) is 0 Å². The van der Waals surface area contributed by atoms with Crippen molar-refractivity contribution in [2.24, 2.45) is 0 Å². The minimum absolute atomic E-state index is 0.108. The summed E-state index contributed by atoms with van der Waals surface area (Å²) < 4.78 is 0. The number of aryl methyl sites for hydroxylation is 1. The van der Waals surface area contributed by atoms with Crippen LogP contribution in [-0.4, -0.2) is 23.9 Å². The van der Waals surface area contributed by atoms with Crippen molar-refractivity contribution in [2.75, 3.05) is 12.4 Å². The van der Waals surface area contributed by atoms with Gasteiger partial charge in [-0.05, 0) is 44.7 Å². The number of anilines is 1. The molecule has 0 saturated carbocycles. The molecular weight excluding hydrogens is 331 g/mol. The summed E-state index contributed by atoms with van der Waals surface area (Å²) in [4.78, 5) is 14.4. The fraction of sp³-hybridized carbons (Fsp3) is 0.278. The van der Waals surface area contributed by atoms with Crippen LogP contribution in [0.1, 0.15) is 18.1 Å². The van der Waals surface area contributed by atoms with Gasteiger partial charge >= 0.3 is 0 Å². The van der Waals surface area contributed by atoms with Crippen molar-refractivity contribution in [3.05, 3.63) is 63.6 Å². The predicted octanol–water partition coefficient (Wildman–Crippen LogP) is 4.76. The summed E-state index contributed by atoms with van der Waals surface area (Å²) in [6, 6.07) is 13.0. The summed E-state index contributed by atoms with van der Waals surface area (Å²) in [6.45, 7) is 4.62. The van der Waals surface area contributed by atoms with E-state index in [-0.39, 0.29) is 11.9 Å². The van der Waals surface area contributed by atoms with Crippen LogP contribution in [0.4, 0.5) is 5.69 Å². The normalized spacial score (nSPS) is 12.3. The quantitative estimate of drug-likeness (QED) is 0.842. The molecule has 5 heteroatoms. The number of likely N-dealkylation sites (N-methyl/N-ethyl adjacent to an activating group) is 1. The van der Waals surface area contributed by atoms with Gasteiger partial charge in [0.2, 0.25) is 5.91 Å². The van der Waals surface area contributed by atoms with E-state index in [1.807, 2.05) is 18.9 Å². The van der Waals surface area contributed by atoms with Crippen LogP contribution in [0.5, 0.6) is 0 Å². The molecule has 0 aliphatic carbocycles. The van der Waals surface area contributed by atoms with E-state index in [0.717, 1.165) is 0 Å². The Morgan fingerprint density at radius 1 is 1.17 bits per heavy atom. The smallest absolute Gasteiger partial charge is 0.241 e. The lowest BCUT2D eigenvalue weighted by atomic mass is 10.1. The van der Waals surface area contributed by atoms with Crippen LogP contribution in [-0.2, 0) is 11.3 Å². The van der Waals surface area contributed by atoms with Gasteiger partial charge in [0, 0.05) is 11.6 Å². The molecule has 3 nitrogen and oxygen atoms in total. The van der Waals surface area contributed by atoms with Crippen LogP contribution >= 0.6 is 23.2 Å². The molecule has 2 aromatic rings. The molecule has 23 heavy (non-hydrogen) atoms. The Morgan fingerprint density at radius 3 is 2.43 bits per heavy atom. The first-order valence-electron chi connectivity index (χ1n) is 7.38. The van der Waals surface area contributed by atoms with Gasteiger partial charge in [-0.2, -0.15) is 0 Å². The van der Waals surface area contributed by atoms with Crippen LogP contribution < -0.4 is 5.32 Å². The number of amides is 1. The van der Waals surface area contributed by atoms with Gasteiger partial charge in [0.05, 0.1) is 16.8 Å². The average molecular weight is 351 g/mol. The van der Waals surface area contributed by atoms with Crippen molar-refractivity contribution in [3.63, 3.8) is 0 Å². The van der Waals surface area contributed by atoms with Crippen molar-refractivity contribution >= 4 is 34.8 Å². The molecule has 0 aliphatic rings. The van der Waals surface area contributed by atoms with Gasteiger partial charge in [-0.1, -0.05) is 53.0 Å². The highest BCUT2D eigenvalue weighted by Crippen LogP contribution is 2.25. The zero-order chi connectivity index (χ0) is 17.0. The lowest BCUT2D eigenvalue weighted by molar-refractivity contribution is -0.120. The first kappa shape index (κ1) is 17.8. The van der Waals surface area contributed by atoms with Gasteiger partial charge in [-0.25, -0.2) is 0 Å². The number of nitrogens with zero attached hydrogens (tertiary/aromatic N) is 1. The molecule has 0 radical (unpaired) electrons. The lowest BCUT2D eigenvalue weighted by Gasteiger charge is -2.24. The zero-order valence-corrected chi connectivity index (χ0v) is 14.9. The molecule has 0 saturated heterocycles. The predicted molar refractivity (Wildman–Crippen MR) is 97.2 cm³/mol. The molecule has 2 aromatic carbocycles. The van der Waals surface area contributed by atoms with Crippen LogP contribution in [0, 0.1) is 6.92 Å². The number of rotatable bonds is 5. The molecule has 1 amide bonds. The average Bonchev–Trinajstić information content (AvgIpc) is 2.51. The van der Waals surface area contributed by atoms with Gasteiger partial charge in [0.25, 0.3) is 0 Å². The Morgan fingerprint density at radius 2 is 1.83 bits per heavy atom. The van der Waals surface area contributed by atoms with Gasteiger partial charge in [-0.15, -0.1) is 0 Å². The van der Waals surface area contributed by atoms with E-state index in [2.05, 4.69) is 36.5 Å². The van der Waals surface area contributed by atoms with Crippen molar-refractivity contribution < 1.29 is 4.79 Å². The Labute approximate surface area is 147 Å². The molecule has 1 atom stereocenters. The number of carbonyl (C=O) groups is 1. The van der Waals surface area contributed by atoms with E-state index >= 15 is 0 Å². The third-order valence-corrected chi connectivity index (χ3v) is 4.33. The minimum Gasteiger partial charge on any atom is -0.323 e. The Balaban J connectivity index is 1.99. The number of benzene rings is 2. The number of hydrogen-bond donors (Lipinski definition) is 1. The van der Waals surface area contributed by atoms with E-state index < -0.39 is 0 Å². The summed E-state index contributed by atoms with van der Waals surface area (Å²) in [5.74, 6) is -0.108. The van der Waals surface area contributed by atoms with E-state index in [1.54, 1.807) is 18.2 Å². The highest BCUT2D eigenvalue weighted by atomic mass is 35.5. The minimum atomic E-state index is -0.289. The van der Waals surface area contributed by atoms with Crippen molar-refractivity contribution in [1.29, 1.82) is 0 Å². The second kappa shape index (κ2) is 7.82. The van der Waals surface area contributed by atoms with Crippen molar-refractivity contribution in [3.8, 4) is 0 Å². The second-order valence-electron chi connectivity index (χ2n) is 5.69. The molecule has 0 fully saturated rings. The molecular formula is C18H20Cl2N2O. The van der Waals surface area contributed by atoms with Crippen molar-refractivity contribution in [2.45, 2.75) is 26.4 Å². The first-order valence-corrected chi connectivity index (χ1v) is 8.14. The fourth-order valence-electron chi connectivity index (χ4n) is 2.15. The summed E-state index contributed by atoms with van der Waals surface area (Å²) in [6.07, 6.45) is 0. The van der Waals surface area contributed by atoms with E-state index in [1.165, 1.54) is 11.1 Å². The number of hydrogen-bond acceptors (Lipinski definition) is 2. The first-order chi connectivity index (χ1) is 10.9.